The lowest BCUT2D eigenvalue weighted by Gasteiger charge is -2.38. The molecule has 1 aromatic rings. The van der Waals surface area contributed by atoms with E-state index < -0.39 is 5.54 Å². The molecule has 1 fully saturated rings. The van der Waals surface area contributed by atoms with Crippen molar-refractivity contribution in [3.8, 4) is 5.75 Å². The molecule has 7 heteroatoms. The number of anilines is 1. The zero-order valence-corrected chi connectivity index (χ0v) is 18.8. The largest absolute Gasteiger partial charge is 0.499 e. The lowest BCUT2D eigenvalue weighted by atomic mass is 9.80. The van der Waals surface area contributed by atoms with E-state index in [1.807, 2.05) is 25.1 Å². The molecule has 1 heterocycles. The van der Waals surface area contributed by atoms with Gasteiger partial charge in [0.15, 0.2) is 0 Å². The number of benzene rings is 1. The highest BCUT2D eigenvalue weighted by molar-refractivity contribution is 6.24. The Morgan fingerprint density at radius 2 is 1.94 bits per heavy atom. The second kappa shape index (κ2) is 10.5. The predicted molar refractivity (Wildman–Crippen MR) is 121 cm³/mol. The van der Waals surface area contributed by atoms with Gasteiger partial charge in [0, 0.05) is 12.6 Å². The van der Waals surface area contributed by atoms with Crippen LogP contribution in [0.1, 0.15) is 51.0 Å². The van der Waals surface area contributed by atoms with Gasteiger partial charge in [-0.2, -0.15) is 0 Å². The molecule has 2 aliphatic rings. The SMILES string of the molecule is C=C(OC)C1(NC(=O)C2=CCc3ccc(OC)cc3N(CCC)C2=O)CCCCC1.O. The van der Waals surface area contributed by atoms with Crippen molar-refractivity contribution >= 4 is 17.5 Å². The van der Waals surface area contributed by atoms with Crippen LogP contribution in [0.3, 0.4) is 0 Å². The molecule has 7 nitrogen and oxygen atoms in total. The van der Waals surface area contributed by atoms with Gasteiger partial charge in [-0.1, -0.05) is 44.9 Å². The number of allylic oxidation sites excluding steroid dienone is 1. The smallest absolute Gasteiger partial charge is 0.263 e. The molecule has 0 aromatic heterocycles. The number of ether oxygens (including phenoxy) is 2. The third-order valence-corrected chi connectivity index (χ3v) is 6.12. The summed E-state index contributed by atoms with van der Waals surface area (Å²) in [5, 5.41) is 3.12. The van der Waals surface area contributed by atoms with Crippen molar-refractivity contribution in [1.29, 1.82) is 0 Å². The topological polar surface area (TPSA) is 99.4 Å². The van der Waals surface area contributed by atoms with Crippen LogP contribution in [-0.2, 0) is 20.7 Å². The molecule has 3 N–H and O–H groups in total. The van der Waals surface area contributed by atoms with Crippen molar-refractivity contribution in [3.63, 3.8) is 0 Å². The highest BCUT2D eigenvalue weighted by atomic mass is 16.5. The van der Waals surface area contributed by atoms with Crippen molar-refractivity contribution < 1.29 is 24.5 Å². The van der Waals surface area contributed by atoms with Gasteiger partial charge in [-0.3, -0.25) is 9.59 Å². The van der Waals surface area contributed by atoms with Gasteiger partial charge >= 0.3 is 0 Å². The summed E-state index contributed by atoms with van der Waals surface area (Å²) >= 11 is 0. The van der Waals surface area contributed by atoms with Gasteiger partial charge < -0.3 is 25.2 Å². The van der Waals surface area contributed by atoms with E-state index in [2.05, 4.69) is 11.9 Å². The van der Waals surface area contributed by atoms with Crippen LogP contribution in [0.5, 0.6) is 5.75 Å². The molecular weight excluding hydrogens is 396 g/mol. The van der Waals surface area contributed by atoms with Crippen LogP contribution in [0.4, 0.5) is 5.69 Å². The summed E-state index contributed by atoms with van der Waals surface area (Å²) < 4.78 is 10.8. The molecule has 1 aliphatic carbocycles. The first kappa shape index (κ1) is 24.5. The molecule has 0 spiro atoms. The lowest BCUT2D eigenvalue weighted by molar-refractivity contribution is -0.123. The van der Waals surface area contributed by atoms with Crippen LogP contribution in [0.25, 0.3) is 0 Å². The highest BCUT2D eigenvalue weighted by Crippen LogP contribution is 2.35. The minimum absolute atomic E-state index is 0. The Labute approximate surface area is 184 Å². The fourth-order valence-electron chi connectivity index (χ4n) is 4.39. The number of rotatable bonds is 7. The average molecular weight is 431 g/mol. The molecule has 0 radical (unpaired) electrons. The summed E-state index contributed by atoms with van der Waals surface area (Å²) in [6.45, 7) is 6.58. The van der Waals surface area contributed by atoms with E-state index in [-0.39, 0.29) is 22.9 Å². The number of hydrogen-bond donors (Lipinski definition) is 1. The van der Waals surface area contributed by atoms with E-state index in [9.17, 15) is 9.59 Å². The van der Waals surface area contributed by atoms with Gasteiger partial charge in [-0.25, -0.2) is 0 Å². The number of nitrogens with zero attached hydrogens (tertiary/aromatic N) is 1. The summed E-state index contributed by atoms with van der Waals surface area (Å²) in [7, 11) is 3.18. The van der Waals surface area contributed by atoms with E-state index in [0.717, 1.165) is 49.8 Å². The summed E-state index contributed by atoms with van der Waals surface area (Å²) in [6.07, 6.45) is 7.66. The Hall–Kier alpha value is -2.80. The molecular formula is C24H34N2O5. The molecule has 0 unspecified atom stereocenters. The van der Waals surface area contributed by atoms with Crippen LogP contribution < -0.4 is 15.0 Å². The zero-order chi connectivity index (χ0) is 21.7. The second-order valence-electron chi connectivity index (χ2n) is 8.00. The minimum atomic E-state index is -0.622. The molecule has 0 saturated heterocycles. The quantitative estimate of drug-likeness (QED) is 0.531. The highest BCUT2D eigenvalue weighted by Gasteiger charge is 2.40. The number of fused-ring (bicyclic) bond motifs is 1. The van der Waals surface area contributed by atoms with Crippen LogP contribution >= 0.6 is 0 Å². The number of carbonyl (C=O) groups is 2. The van der Waals surface area contributed by atoms with Crippen LogP contribution in [-0.4, -0.2) is 43.6 Å². The van der Waals surface area contributed by atoms with Crippen molar-refractivity contribution in [3.05, 3.63) is 47.7 Å². The van der Waals surface area contributed by atoms with Gasteiger partial charge in [0.25, 0.3) is 11.8 Å². The first-order valence-corrected chi connectivity index (χ1v) is 10.7. The Morgan fingerprint density at radius 3 is 2.55 bits per heavy atom. The van der Waals surface area contributed by atoms with Gasteiger partial charge in [0.2, 0.25) is 0 Å². The first-order valence-electron chi connectivity index (χ1n) is 10.7. The predicted octanol–water partition coefficient (Wildman–Crippen LogP) is 3.08. The van der Waals surface area contributed by atoms with E-state index >= 15 is 0 Å². The summed E-state index contributed by atoms with van der Waals surface area (Å²) in [6, 6.07) is 5.70. The minimum Gasteiger partial charge on any atom is -0.499 e. The van der Waals surface area contributed by atoms with E-state index in [1.165, 1.54) is 0 Å². The Balaban J connectivity index is 0.00000341. The zero-order valence-electron chi connectivity index (χ0n) is 18.8. The number of hydrogen-bond acceptors (Lipinski definition) is 4. The van der Waals surface area contributed by atoms with Crippen LogP contribution in [0, 0.1) is 0 Å². The molecule has 170 valence electrons. The van der Waals surface area contributed by atoms with Gasteiger partial charge in [-0.15, -0.1) is 0 Å². The van der Waals surface area contributed by atoms with Crippen molar-refractivity contribution in [2.75, 3.05) is 25.7 Å². The molecule has 0 atom stereocenters. The Kier molecular flexibility index (Phi) is 8.28. The monoisotopic (exact) mass is 430 g/mol. The molecule has 31 heavy (non-hydrogen) atoms. The van der Waals surface area contributed by atoms with Crippen LogP contribution in [0.2, 0.25) is 0 Å². The standard InChI is InChI=1S/C24H32N2O4.H2O/c1-5-15-26-21-16-19(30-4)11-9-18(21)10-12-20(23(26)28)22(27)25-24(17(2)29-3)13-7-6-8-14-24;/h9,11-12,16H,2,5-8,10,13-15H2,1,3-4H3,(H,25,27);1H2. The number of amides is 2. The van der Waals surface area contributed by atoms with Gasteiger partial charge in [0.1, 0.15) is 17.1 Å². The fraction of sp³-hybridized carbons (Fsp3) is 0.500. The third-order valence-electron chi connectivity index (χ3n) is 6.12. The summed E-state index contributed by atoms with van der Waals surface area (Å²) in [5.41, 5.74) is 1.35. The average Bonchev–Trinajstić information content (AvgIpc) is 2.90. The maximum Gasteiger partial charge on any atom is 0.263 e. The molecule has 0 bridgehead atoms. The number of methoxy groups -OCH3 is 2. The molecule has 1 aromatic carbocycles. The number of nitrogens with one attached hydrogen (secondary N) is 1. The first-order chi connectivity index (χ1) is 14.5. The normalized spacial score (nSPS) is 17.5. The van der Waals surface area contributed by atoms with Gasteiger partial charge in [0.05, 0.1) is 25.4 Å². The fourth-order valence-corrected chi connectivity index (χ4v) is 4.39. The third kappa shape index (κ3) is 4.93. The molecule has 3 rings (SSSR count). The van der Waals surface area contributed by atoms with Crippen LogP contribution in [0.15, 0.2) is 42.2 Å². The molecule has 1 aliphatic heterocycles. The van der Waals surface area contributed by atoms with E-state index in [1.54, 1.807) is 25.2 Å². The van der Waals surface area contributed by atoms with Crippen molar-refractivity contribution in [2.45, 2.75) is 57.4 Å². The summed E-state index contributed by atoms with van der Waals surface area (Å²) in [4.78, 5) is 28.4. The second-order valence-corrected chi connectivity index (χ2v) is 8.00. The maximum absolute atomic E-state index is 13.4. The van der Waals surface area contributed by atoms with E-state index in [0.29, 0.717) is 24.5 Å². The lowest BCUT2D eigenvalue weighted by Crippen LogP contribution is -2.53. The Bertz CT molecular complexity index is 856. The van der Waals surface area contributed by atoms with E-state index in [4.69, 9.17) is 9.47 Å². The van der Waals surface area contributed by atoms with Gasteiger partial charge in [-0.05, 0) is 37.3 Å². The van der Waals surface area contributed by atoms with Crippen molar-refractivity contribution in [2.24, 2.45) is 0 Å². The molecule has 1 saturated carbocycles. The summed E-state index contributed by atoms with van der Waals surface area (Å²) in [5.74, 6) is 0.597. The maximum atomic E-state index is 13.4. The van der Waals surface area contributed by atoms with Crippen molar-refractivity contribution in [1.82, 2.24) is 5.32 Å². The number of carbonyl (C=O) groups excluding carboxylic acids is 2. The molecule has 2 amide bonds. The Morgan fingerprint density at radius 1 is 1.23 bits per heavy atom.